The molecule has 132 heavy (non-hydrogen) atoms. The summed E-state index contributed by atoms with van der Waals surface area (Å²) in [5.41, 5.74) is 15.6. The molecule has 0 aliphatic carbocycles. The van der Waals surface area contributed by atoms with Gasteiger partial charge < -0.3 is 59.6 Å². The van der Waals surface area contributed by atoms with E-state index in [9.17, 15) is 14.4 Å². The third kappa shape index (κ3) is 19.8. The van der Waals surface area contributed by atoms with Crippen molar-refractivity contribution in [2.45, 2.75) is 108 Å². The van der Waals surface area contributed by atoms with Crippen molar-refractivity contribution in [2.24, 2.45) is 5.92 Å². The second-order valence-electron chi connectivity index (χ2n) is 33.7. The predicted molar refractivity (Wildman–Crippen MR) is 517 cm³/mol. The van der Waals surface area contributed by atoms with Crippen LogP contribution in [0.3, 0.4) is 0 Å². The molecule has 9 aromatic heterocycles. The van der Waals surface area contributed by atoms with Crippen LogP contribution in [-0.4, -0.2) is 117 Å². The molecular weight excluding hydrogens is 1640 g/mol. The van der Waals surface area contributed by atoms with Gasteiger partial charge in [-0.3, -0.25) is 24.5 Å². The Bertz CT molecular complexity index is 7280. The summed E-state index contributed by atoms with van der Waals surface area (Å²) in [4.78, 5) is 58.5. The zero-order valence-corrected chi connectivity index (χ0v) is 73.4. The fourth-order valence-electron chi connectivity index (χ4n) is 18.3. The number of amides is 3. The number of H-pyrrole nitrogens is 5. The minimum Gasteiger partial charge on any atom is -0.497 e. The molecule has 9 N–H and O–H groups in total. The minimum atomic E-state index is -0.461. The van der Waals surface area contributed by atoms with E-state index < -0.39 is 12.1 Å². The Kier molecular flexibility index (Phi) is 26.3. The number of pyridine rings is 1. The quantitative estimate of drug-likeness (QED) is 0.0195. The lowest BCUT2D eigenvalue weighted by atomic mass is 9.96. The molecule has 3 atom stereocenters. The number of methoxy groups -OCH3 is 1. The molecule has 0 bridgehead atoms. The number of hydrogen-bond donors (Lipinski definition) is 9. The van der Waals surface area contributed by atoms with Gasteiger partial charge in [-0.15, -0.1) is 30.6 Å². The first kappa shape index (κ1) is 85.5. The molecule has 11 aromatic carbocycles. The van der Waals surface area contributed by atoms with E-state index in [1.165, 1.54) is 54.7 Å². The van der Waals surface area contributed by atoms with Crippen molar-refractivity contribution in [3.63, 3.8) is 0 Å². The molecular formula is C108H102N20O4. The van der Waals surface area contributed by atoms with Gasteiger partial charge >= 0.3 is 0 Å². The highest BCUT2D eigenvalue weighted by Gasteiger charge is 2.32. The van der Waals surface area contributed by atoms with Crippen molar-refractivity contribution in [1.82, 2.24) is 101 Å². The Morgan fingerprint density at radius 1 is 0.364 bits per heavy atom. The maximum atomic E-state index is 13.7. The predicted octanol–water partition coefficient (Wildman–Crippen LogP) is 18.5. The van der Waals surface area contributed by atoms with Gasteiger partial charge in [0.05, 0.1) is 44.9 Å². The number of nitrogens with zero attached hydrogens (tertiary/aromatic N) is 11. The summed E-state index contributed by atoms with van der Waals surface area (Å²) in [5, 5.41) is 58.0. The van der Waals surface area contributed by atoms with Gasteiger partial charge in [0.2, 0.25) is 5.91 Å². The van der Waals surface area contributed by atoms with Gasteiger partial charge in [-0.05, 0) is 171 Å². The van der Waals surface area contributed by atoms with Crippen molar-refractivity contribution in [2.75, 3.05) is 20.2 Å². The van der Waals surface area contributed by atoms with Crippen LogP contribution in [0.2, 0.25) is 0 Å². The third-order valence-electron chi connectivity index (χ3n) is 25.2. The maximum Gasteiger partial charge on any atom is 0.270 e. The monoisotopic (exact) mass is 1740 g/mol. The normalized spacial score (nSPS) is 12.9. The number of aryl methyl sites for hydroxylation is 6. The van der Waals surface area contributed by atoms with Crippen LogP contribution in [0.1, 0.15) is 137 Å². The van der Waals surface area contributed by atoms with Gasteiger partial charge in [-0.25, -0.2) is 0 Å². The number of para-hydroxylation sites is 4. The van der Waals surface area contributed by atoms with E-state index in [0.717, 1.165) is 153 Å². The Morgan fingerprint density at radius 2 is 0.773 bits per heavy atom. The SMILES string of the molecule is COc1ccc(Cn2c(CCc3c[nH]c4ccccc34)nnc2[C@@H](Cc2c[nH]c3ccccc23)NC(=O)c2ccn[nH]2)cc1.O=C(N[C@H](Cc1c[nH]c2ccccc12)c1nnc(CCc2ccccc2)n1Cc1cccc2ccccc12)C1CCNCC1.O=C(N[C@H](Cc1c[nH]c2ccccc12)c1nnc(CCc2ccccc2)n1Cc1cccc2ccccc12)c1ccccn1. The first-order valence-electron chi connectivity index (χ1n) is 45.2. The number of benzene rings is 11. The molecule has 20 aromatic rings. The van der Waals surface area contributed by atoms with E-state index in [1.54, 1.807) is 37.7 Å². The summed E-state index contributed by atoms with van der Waals surface area (Å²) in [6, 6.07) is 97.5. The summed E-state index contributed by atoms with van der Waals surface area (Å²) in [6.45, 7) is 3.48. The second-order valence-corrected chi connectivity index (χ2v) is 33.7. The van der Waals surface area contributed by atoms with Crippen LogP contribution < -0.4 is 26.0 Å². The standard InChI is InChI=1S/C37H32N6O.C37H38N6O.C34H32N8O2/c44-37(33-19-8-9-22-38-33)40-34(23-29-24-39-32-18-7-6-17-31(29)32)36-42-41-35(21-20-26-11-2-1-3-12-26)43(36)25-28-15-10-14-27-13-4-5-16-30(27)28;44-37(28-19-21-38-22-20-28)40-34(23-30-24-39-33-16-7-6-15-32(30)33)36-42-41-35(18-17-26-9-2-1-3-10-26)43(36)25-29-13-8-12-27-11-4-5-14-31(27)29;1-44-25-13-10-22(11-14-25)21-42-32(15-12-23-19-35-28-8-4-2-6-26(23)28)40-41-33(42)31(38-34(43)30-16-17-37-39-30)18-24-20-36-29-9-5-3-7-27(24)29/h1-19,22,24,34,39H,20-21,23,25H2,(H,40,44);1-16,24,28,34,38-39H,17-23,25H2,(H,40,44);2-11,13-14,16-17,19-20,31,35-36H,12,15,18,21H2,1H3,(H,37,39)(H,38,43)/t2*34-;31-/m111/s1. The molecule has 1 aliphatic rings. The lowest BCUT2D eigenvalue weighted by Crippen LogP contribution is -2.41. The number of ether oxygens (including phenoxy) is 1. The van der Waals surface area contributed by atoms with Crippen LogP contribution in [0, 0.1) is 5.92 Å². The van der Waals surface area contributed by atoms with E-state index in [0.29, 0.717) is 62.5 Å². The topological polar surface area (TPSA) is 305 Å². The molecule has 1 fully saturated rings. The first-order chi connectivity index (χ1) is 65.1. The molecule has 10 heterocycles. The lowest BCUT2D eigenvalue weighted by molar-refractivity contribution is -0.126. The van der Waals surface area contributed by atoms with Gasteiger partial charge in [0, 0.05) is 125 Å². The summed E-state index contributed by atoms with van der Waals surface area (Å²) in [6.07, 6.45) is 19.4. The molecule has 0 radical (unpaired) electrons. The van der Waals surface area contributed by atoms with Gasteiger partial charge in [0.15, 0.2) is 17.5 Å². The van der Waals surface area contributed by atoms with Gasteiger partial charge in [0.1, 0.15) is 34.6 Å². The zero-order valence-electron chi connectivity index (χ0n) is 73.4. The number of nitrogens with one attached hydrogen (secondary N) is 9. The number of hydrogen-bond acceptors (Lipinski definition) is 13. The van der Waals surface area contributed by atoms with Crippen LogP contribution in [0.15, 0.2) is 328 Å². The van der Waals surface area contributed by atoms with Crippen LogP contribution in [-0.2, 0) is 82.2 Å². The van der Waals surface area contributed by atoms with Crippen LogP contribution in [0.4, 0.5) is 0 Å². The second kappa shape index (κ2) is 40.6. The summed E-state index contributed by atoms with van der Waals surface area (Å²) < 4.78 is 12.0. The van der Waals surface area contributed by atoms with Crippen molar-refractivity contribution < 1.29 is 19.1 Å². The van der Waals surface area contributed by atoms with Gasteiger partial charge in [-0.2, -0.15) is 5.10 Å². The summed E-state index contributed by atoms with van der Waals surface area (Å²) >= 11 is 0. The minimum absolute atomic E-state index is 0.00583. The summed E-state index contributed by atoms with van der Waals surface area (Å²) in [7, 11) is 1.66. The fraction of sp³-hybridized carbons (Fsp3) is 0.194. The Morgan fingerprint density at radius 3 is 1.23 bits per heavy atom. The Hall–Kier alpha value is -16.0. The number of carbonyl (C=O) groups excluding carboxylic acids is 3. The molecule has 24 nitrogen and oxygen atoms in total. The average Bonchev–Trinajstić information content (AvgIpc) is 1.62. The highest BCUT2D eigenvalue weighted by atomic mass is 16.5. The van der Waals surface area contributed by atoms with Crippen LogP contribution in [0.25, 0.3) is 65.2 Å². The van der Waals surface area contributed by atoms with Crippen molar-refractivity contribution in [3.8, 4) is 5.75 Å². The number of aromatic amines is 5. The number of carbonyl (C=O) groups is 3. The van der Waals surface area contributed by atoms with Crippen molar-refractivity contribution >= 4 is 82.9 Å². The van der Waals surface area contributed by atoms with Gasteiger partial charge in [0.25, 0.3) is 11.8 Å². The van der Waals surface area contributed by atoms with Crippen LogP contribution in [0.5, 0.6) is 5.75 Å². The fourth-order valence-corrected chi connectivity index (χ4v) is 18.3. The summed E-state index contributed by atoms with van der Waals surface area (Å²) in [5.74, 6) is 5.24. The third-order valence-corrected chi connectivity index (χ3v) is 25.2. The highest BCUT2D eigenvalue weighted by molar-refractivity contribution is 5.94. The van der Waals surface area contributed by atoms with E-state index in [1.807, 2.05) is 97.3 Å². The van der Waals surface area contributed by atoms with Crippen LogP contribution >= 0.6 is 0 Å². The highest BCUT2D eigenvalue weighted by Crippen LogP contribution is 2.34. The average molecular weight is 1740 g/mol. The number of fused-ring (bicyclic) bond motifs is 6. The zero-order chi connectivity index (χ0) is 89.3. The Labute approximate surface area is 763 Å². The molecule has 1 saturated heterocycles. The number of piperidine rings is 1. The molecule has 3 amide bonds. The van der Waals surface area contributed by atoms with Crippen molar-refractivity contribution in [1.29, 1.82) is 0 Å². The number of rotatable bonds is 31. The van der Waals surface area contributed by atoms with Crippen molar-refractivity contribution in [3.05, 3.63) is 425 Å². The van der Waals surface area contributed by atoms with E-state index in [4.69, 9.17) is 35.3 Å². The maximum absolute atomic E-state index is 13.7. The molecule has 0 unspecified atom stereocenters. The largest absolute Gasteiger partial charge is 0.497 e. The van der Waals surface area contributed by atoms with E-state index in [2.05, 4.69) is 271 Å². The van der Waals surface area contributed by atoms with Gasteiger partial charge in [-0.1, -0.05) is 237 Å². The van der Waals surface area contributed by atoms with E-state index in [-0.39, 0.29) is 29.7 Å². The number of aromatic nitrogens is 16. The smallest absolute Gasteiger partial charge is 0.270 e. The molecule has 0 saturated carbocycles. The Balaban J connectivity index is 0.000000128. The first-order valence-corrected chi connectivity index (χ1v) is 45.2. The molecule has 24 heteroatoms. The van der Waals surface area contributed by atoms with E-state index >= 15 is 0 Å². The molecule has 21 rings (SSSR count). The molecule has 0 spiro atoms. The molecule has 1 aliphatic heterocycles. The lowest BCUT2D eigenvalue weighted by Gasteiger charge is -2.26. The molecule has 658 valence electrons.